The summed E-state index contributed by atoms with van der Waals surface area (Å²) < 4.78 is 18.6. The van der Waals surface area contributed by atoms with Crippen molar-refractivity contribution in [1.29, 1.82) is 0 Å². The van der Waals surface area contributed by atoms with Gasteiger partial charge in [0.2, 0.25) is 0 Å². The molecule has 2 rings (SSSR count). The Morgan fingerprint density at radius 2 is 1.95 bits per heavy atom. The number of carbonyl (C=O) groups excluding carboxylic acids is 1. The average Bonchev–Trinajstić information content (AvgIpc) is 2.44. The molecule has 104 valence electrons. The molecule has 0 aliphatic carbocycles. The largest absolute Gasteiger partial charge is 0.481 e. The minimum absolute atomic E-state index is 0.0405. The number of anilines is 2. The van der Waals surface area contributed by atoms with Gasteiger partial charge in [0.05, 0.1) is 5.69 Å². The molecule has 5 heteroatoms. The van der Waals surface area contributed by atoms with Gasteiger partial charge in [-0.2, -0.15) is 0 Å². The van der Waals surface area contributed by atoms with Crippen molar-refractivity contribution in [3.05, 3.63) is 54.3 Å². The highest BCUT2D eigenvalue weighted by Gasteiger charge is 2.15. The van der Waals surface area contributed by atoms with Crippen LogP contribution in [0, 0.1) is 5.82 Å². The Kier molecular flexibility index (Phi) is 4.20. The van der Waals surface area contributed by atoms with Gasteiger partial charge in [-0.3, -0.25) is 4.79 Å². The number of hydrogen-bond acceptors (Lipinski definition) is 3. The first-order valence-electron chi connectivity index (χ1n) is 6.14. The molecular weight excluding hydrogens is 259 g/mol. The second-order valence-corrected chi connectivity index (χ2v) is 4.30. The number of amides is 1. The van der Waals surface area contributed by atoms with Gasteiger partial charge >= 0.3 is 0 Å². The lowest BCUT2D eigenvalue weighted by Gasteiger charge is -2.15. The molecular formula is C15H15FN2O2. The van der Waals surface area contributed by atoms with Crippen molar-refractivity contribution >= 4 is 17.3 Å². The number of ether oxygens (including phenoxy) is 1. The number of nitrogens with two attached hydrogens (primary N) is 1. The van der Waals surface area contributed by atoms with Gasteiger partial charge in [-0.1, -0.05) is 18.2 Å². The van der Waals surface area contributed by atoms with Crippen molar-refractivity contribution in [3.8, 4) is 5.75 Å². The predicted octanol–water partition coefficient (Wildman–Crippen LogP) is 2.81. The minimum atomic E-state index is -0.752. The van der Waals surface area contributed by atoms with E-state index >= 15 is 0 Å². The number of rotatable bonds is 4. The standard InChI is InChI=1S/C15H15FN2O2/c1-10(15(19)18-11-5-3-2-4-6-11)20-12-7-8-14(17)13(16)9-12/h2-10H,17H2,1H3,(H,18,19). The van der Waals surface area contributed by atoms with E-state index in [0.717, 1.165) is 6.07 Å². The monoisotopic (exact) mass is 274 g/mol. The Balaban J connectivity index is 1.98. The summed E-state index contributed by atoms with van der Waals surface area (Å²) in [4.78, 5) is 11.9. The summed E-state index contributed by atoms with van der Waals surface area (Å²) in [6.07, 6.45) is -0.752. The van der Waals surface area contributed by atoms with Crippen LogP contribution in [0.3, 0.4) is 0 Å². The molecule has 0 spiro atoms. The Morgan fingerprint density at radius 1 is 1.25 bits per heavy atom. The van der Waals surface area contributed by atoms with Crippen LogP contribution in [0.1, 0.15) is 6.92 Å². The molecule has 1 atom stereocenters. The summed E-state index contributed by atoms with van der Waals surface area (Å²) in [6, 6.07) is 13.1. The first kappa shape index (κ1) is 13.9. The van der Waals surface area contributed by atoms with E-state index in [-0.39, 0.29) is 17.3 Å². The fourth-order valence-corrected chi connectivity index (χ4v) is 1.60. The zero-order valence-corrected chi connectivity index (χ0v) is 11.0. The summed E-state index contributed by atoms with van der Waals surface area (Å²) in [6.45, 7) is 1.59. The lowest BCUT2D eigenvalue weighted by atomic mass is 10.2. The summed E-state index contributed by atoms with van der Waals surface area (Å²) in [7, 11) is 0. The van der Waals surface area contributed by atoms with Gasteiger partial charge in [0.15, 0.2) is 6.10 Å². The summed E-state index contributed by atoms with van der Waals surface area (Å²) in [5, 5.41) is 2.71. The quantitative estimate of drug-likeness (QED) is 0.843. The molecule has 0 heterocycles. The third-order valence-corrected chi connectivity index (χ3v) is 2.70. The molecule has 0 saturated heterocycles. The number of halogens is 1. The van der Waals surface area contributed by atoms with Crippen LogP contribution < -0.4 is 15.8 Å². The molecule has 0 fully saturated rings. The number of para-hydroxylation sites is 1. The molecule has 3 N–H and O–H groups in total. The molecule has 0 aliphatic rings. The summed E-state index contributed by atoms with van der Waals surface area (Å²) in [5.74, 6) is -0.626. The normalized spacial score (nSPS) is 11.7. The van der Waals surface area contributed by atoms with Crippen LogP contribution in [0.5, 0.6) is 5.75 Å². The van der Waals surface area contributed by atoms with Crippen molar-refractivity contribution in [2.24, 2.45) is 0 Å². The van der Waals surface area contributed by atoms with Gasteiger partial charge in [0, 0.05) is 11.8 Å². The van der Waals surface area contributed by atoms with Crippen LogP contribution >= 0.6 is 0 Å². The maximum atomic E-state index is 13.3. The van der Waals surface area contributed by atoms with Crippen LogP contribution in [0.25, 0.3) is 0 Å². The molecule has 2 aromatic carbocycles. The average molecular weight is 274 g/mol. The Labute approximate surface area is 116 Å². The van der Waals surface area contributed by atoms with E-state index in [4.69, 9.17) is 10.5 Å². The van der Waals surface area contributed by atoms with E-state index in [1.54, 1.807) is 19.1 Å². The van der Waals surface area contributed by atoms with Gasteiger partial charge in [-0.25, -0.2) is 4.39 Å². The Bertz CT molecular complexity index is 602. The highest BCUT2D eigenvalue weighted by atomic mass is 19.1. The molecule has 0 saturated carbocycles. The van der Waals surface area contributed by atoms with Crippen molar-refractivity contribution in [2.75, 3.05) is 11.1 Å². The highest BCUT2D eigenvalue weighted by Crippen LogP contribution is 2.19. The molecule has 2 aromatic rings. The zero-order valence-electron chi connectivity index (χ0n) is 11.0. The first-order chi connectivity index (χ1) is 9.56. The second kappa shape index (κ2) is 6.06. The molecule has 0 aromatic heterocycles. The number of nitrogen functional groups attached to an aromatic ring is 1. The van der Waals surface area contributed by atoms with Crippen molar-refractivity contribution in [1.82, 2.24) is 0 Å². The summed E-state index contributed by atoms with van der Waals surface area (Å²) >= 11 is 0. The Morgan fingerprint density at radius 3 is 2.60 bits per heavy atom. The number of hydrogen-bond donors (Lipinski definition) is 2. The predicted molar refractivity (Wildman–Crippen MR) is 76.0 cm³/mol. The van der Waals surface area contributed by atoms with Gasteiger partial charge in [0.25, 0.3) is 5.91 Å². The highest BCUT2D eigenvalue weighted by molar-refractivity contribution is 5.94. The van der Waals surface area contributed by atoms with Gasteiger partial charge in [-0.05, 0) is 31.2 Å². The maximum Gasteiger partial charge on any atom is 0.265 e. The summed E-state index contributed by atoms with van der Waals surface area (Å²) in [5.41, 5.74) is 6.09. The SMILES string of the molecule is CC(Oc1ccc(N)c(F)c1)C(=O)Nc1ccccc1. The van der Waals surface area contributed by atoms with Crippen LogP contribution in [0.4, 0.5) is 15.8 Å². The maximum absolute atomic E-state index is 13.3. The minimum Gasteiger partial charge on any atom is -0.481 e. The van der Waals surface area contributed by atoms with Gasteiger partial charge in [0.1, 0.15) is 11.6 Å². The van der Waals surface area contributed by atoms with Crippen molar-refractivity contribution in [3.63, 3.8) is 0 Å². The van der Waals surface area contributed by atoms with Crippen LogP contribution in [0.15, 0.2) is 48.5 Å². The smallest absolute Gasteiger partial charge is 0.265 e. The number of nitrogens with one attached hydrogen (secondary N) is 1. The van der Waals surface area contributed by atoms with Gasteiger partial charge < -0.3 is 15.8 Å². The third-order valence-electron chi connectivity index (χ3n) is 2.70. The molecule has 4 nitrogen and oxygen atoms in total. The lowest BCUT2D eigenvalue weighted by Crippen LogP contribution is -2.30. The number of carbonyl (C=O) groups is 1. The fraction of sp³-hybridized carbons (Fsp3) is 0.133. The van der Waals surface area contributed by atoms with Gasteiger partial charge in [-0.15, -0.1) is 0 Å². The molecule has 0 bridgehead atoms. The molecule has 20 heavy (non-hydrogen) atoms. The lowest BCUT2D eigenvalue weighted by molar-refractivity contribution is -0.122. The van der Waals surface area contributed by atoms with E-state index in [2.05, 4.69) is 5.32 Å². The van der Waals surface area contributed by atoms with E-state index in [9.17, 15) is 9.18 Å². The van der Waals surface area contributed by atoms with Crippen molar-refractivity contribution < 1.29 is 13.9 Å². The van der Waals surface area contributed by atoms with E-state index in [1.165, 1.54) is 12.1 Å². The van der Waals surface area contributed by atoms with E-state index in [1.807, 2.05) is 18.2 Å². The number of benzene rings is 2. The zero-order chi connectivity index (χ0) is 14.5. The van der Waals surface area contributed by atoms with Crippen molar-refractivity contribution in [2.45, 2.75) is 13.0 Å². The topological polar surface area (TPSA) is 64.3 Å². The fourth-order valence-electron chi connectivity index (χ4n) is 1.60. The third kappa shape index (κ3) is 3.47. The molecule has 0 radical (unpaired) electrons. The van der Waals surface area contributed by atoms with Crippen LogP contribution in [-0.4, -0.2) is 12.0 Å². The van der Waals surface area contributed by atoms with Crippen LogP contribution in [-0.2, 0) is 4.79 Å². The molecule has 0 aliphatic heterocycles. The first-order valence-corrected chi connectivity index (χ1v) is 6.14. The molecule has 1 amide bonds. The van der Waals surface area contributed by atoms with E-state index < -0.39 is 11.9 Å². The molecule has 1 unspecified atom stereocenters. The second-order valence-electron chi connectivity index (χ2n) is 4.30. The van der Waals surface area contributed by atoms with Crippen LogP contribution in [0.2, 0.25) is 0 Å². The van der Waals surface area contributed by atoms with E-state index in [0.29, 0.717) is 5.69 Å². The Hall–Kier alpha value is -2.56.